The van der Waals surface area contributed by atoms with Crippen LogP contribution < -0.4 is 0 Å². The van der Waals surface area contributed by atoms with Crippen molar-refractivity contribution >= 4 is 159 Å². The van der Waals surface area contributed by atoms with E-state index in [2.05, 4.69) is 215 Å². The summed E-state index contributed by atoms with van der Waals surface area (Å²) >= 11 is 20.0. The van der Waals surface area contributed by atoms with Crippen LogP contribution in [0.3, 0.4) is 0 Å². The zero-order chi connectivity index (χ0) is 47.2. The van der Waals surface area contributed by atoms with Gasteiger partial charge in [-0.3, -0.25) is 0 Å². The summed E-state index contributed by atoms with van der Waals surface area (Å²) in [7, 11) is 0. The summed E-state index contributed by atoms with van der Waals surface area (Å²) in [6, 6.07) is 58.1. The van der Waals surface area contributed by atoms with E-state index in [-0.39, 0.29) is 14.9 Å². The van der Waals surface area contributed by atoms with Gasteiger partial charge in [0, 0.05) is 46.8 Å². The summed E-state index contributed by atoms with van der Waals surface area (Å²) in [6.45, 7) is 4.08. The largest absolute Gasteiger partial charge is 0.115 e. The van der Waals surface area contributed by atoms with Crippen LogP contribution in [0.1, 0.15) is 73.2 Å². The average Bonchev–Trinajstić information content (AvgIpc) is 4.20. The second-order valence-corrected chi connectivity index (χ2v) is 27.3. The van der Waals surface area contributed by atoms with Gasteiger partial charge in [0.25, 0.3) is 0 Å². The van der Waals surface area contributed by atoms with Crippen molar-refractivity contribution in [1.82, 2.24) is 0 Å². The average molecular weight is 1280 g/mol. The van der Waals surface area contributed by atoms with Crippen molar-refractivity contribution in [3.8, 4) is 48.4 Å². The Bertz CT molecular complexity index is 3170. The van der Waals surface area contributed by atoms with Crippen molar-refractivity contribution in [3.63, 3.8) is 0 Å². The summed E-state index contributed by atoms with van der Waals surface area (Å²) in [5.41, 5.74) is 8.77. The first-order chi connectivity index (χ1) is 33.3. The summed E-state index contributed by atoms with van der Waals surface area (Å²) in [6.07, 6.45) is 10.3. The molecule has 0 spiro atoms. The fraction of sp³-hybridized carbons (Fsp3) is 0.0667. The fourth-order valence-electron chi connectivity index (χ4n) is 6.45. The highest BCUT2D eigenvalue weighted by molar-refractivity contribution is 14.1. The molecule has 10 rings (SSSR count). The zero-order valence-electron chi connectivity index (χ0n) is 36.3. The molecular formula is C60H44I2S8. The molecule has 0 aliphatic carbocycles. The Kier molecular flexibility index (Phi) is 22.2. The van der Waals surface area contributed by atoms with Gasteiger partial charge in [0.1, 0.15) is 0 Å². The van der Waals surface area contributed by atoms with E-state index >= 15 is 0 Å². The van der Waals surface area contributed by atoms with Gasteiger partial charge >= 0.3 is 0 Å². The van der Waals surface area contributed by atoms with E-state index in [1.54, 1.807) is 17.8 Å². The monoisotopic (exact) mass is 1270 g/mol. The van der Waals surface area contributed by atoms with E-state index in [9.17, 15) is 0 Å². The molecule has 6 aromatic rings. The third kappa shape index (κ3) is 14.7. The molecule has 6 aromatic carbocycles. The number of thioether (sulfide) groups is 8. The minimum Gasteiger partial charge on any atom is -0.115 e. The molecular weight excluding hydrogens is 1230 g/mol. The predicted molar refractivity (Wildman–Crippen MR) is 344 cm³/mol. The fourth-order valence-corrected chi connectivity index (χ4v) is 20.3. The lowest BCUT2D eigenvalue weighted by Crippen LogP contribution is -1.80. The van der Waals surface area contributed by atoms with Crippen LogP contribution in [0.5, 0.6) is 0 Å². The maximum atomic E-state index is 5.15. The molecule has 10 heteroatoms. The lowest BCUT2D eigenvalue weighted by Gasteiger charge is -2.04. The smallest absolute Gasteiger partial charge is 0.0776 e. The second kappa shape index (κ2) is 27.9. The number of allylic oxidation sites excluding steroid dienone is 2. The van der Waals surface area contributed by atoms with Crippen molar-refractivity contribution in [2.24, 2.45) is 0 Å². The highest BCUT2D eigenvalue weighted by Gasteiger charge is 2.31. The van der Waals surface area contributed by atoms with E-state index < -0.39 is 0 Å². The molecule has 0 saturated heterocycles. The first-order valence-corrected chi connectivity index (χ1v) is 29.4. The Morgan fingerprint density at radius 3 is 1.19 bits per heavy atom. The van der Waals surface area contributed by atoms with Crippen LogP contribution in [0.4, 0.5) is 0 Å². The molecule has 0 amide bonds. The standard InChI is InChI=1S/C30H20S4.C18H10I2S4.C10H6.2CH4/c1-3-11-22-12-10-13-23(20-22)18-19-26-28(25-16-8-5-9-17-25)34-30(32-26)29-31-21(2)27(33-29)24-14-6-4-7-15-24;19-15-13(11-7-3-1-4-8-11)21-17(23-15)18-22-14(16(20)24-18)12-9-5-2-6-10-12;1-3-9-6-5-7-10(4-2)8-9;;/h4-10,12-17,20H,1-2H3;1-10H;1-2,5-8H;2*1H4/b30-29+;18-17+;;;. The Labute approximate surface area is 477 Å². The van der Waals surface area contributed by atoms with E-state index in [0.29, 0.717) is 0 Å². The lowest BCUT2D eigenvalue weighted by atomic mass is 10.1. The normalized spacial score (nSPS) is 16.8. The molecule has 0 fully saturated rings. The van der Waals surface area contributed by atoms with Crippen molar-refractivity contribution < 1.29 is 0 Å². The van der Waals surface area contributed by atoms with Crippen LogP contribution >= 0.6 is 139 Å². The van der Waals surface area contributed by atoms with Gasteiger partial charge in [0.15, 0.2) is 0 Å². The van der Waals surface area contributed by atoms with Crippen LogP contribution in [0.15, 0.2) is 202 Å². The third-order valence-corrected chi connectivity index (χ3v) is 23.9. The molecule has 0 aromatic heterocycles. The minimum atomic E-state index is 0. The maximum absolute atomic E-state index is 5.15. The molecule has 4 aliphatic heterocycles. The third-order valence-electron chi connectivity index (χ3n) is 9.59. The molecule has 0 unspecified atom stereocenters. The maximum Gasteiger partial charge on any atom is 0.0776 e. The summed E-state index contributed by atoms with van der Waals surface area (Å²) in [5, 5.41) is 0. The molecule has 346 valence electrons. The van der Waals surface area contributed by atoms with Gasteiger partial charge in [-0.05, 0) is 118 Å². The van der Waals surface area contributed by atoms with Crippen LogP contribution in [0.2, 0.25) is 0 Å². The van der Waals surface area contributed by atoms with Gasteiger partial charge in [0.05, 0.1) is 27.7 Å². The highest BCUT2D eigenvalue weighted by Crippen LogP contribution is 2.66. The van der Waals surface area contributed by atoms with E-state index in [1.165, 1.54) is 69.6 Å². The molecule has 4 heterocycles. The predicted octanol–water partition coefficient (Wildman–Crippen LogP) is 20.8. The molecule has 0 atom stereocenters. The van der Waals surface area contributed by atoms with Crippen molar-refractivity contribution in [2.45, 2.75) is 28.7 Å². The quantitative estimate of drug-likeness (QED) is 0.125. The van der Waals surface area contributed by atoms with E-state index in [4.69, 9.17) is 12.8 Å². The summed E-state index contributed by atoms with van der Waals surface area (Å²) < 4.78 is 8.22. The molecule has 70 heavy (non-hydrogen) atoms. The Morgan fingerprint density at radius 2 is 0.729 bits per heavy atom. The van der Waals surface area contributed by atoms with Gasteiger partial charge in [-0.25, -0.2) is 0 Å². The van der Waals surface area contributed by atoms with Crippen LogP contribution in [0, 0.1) is 48.4 Å². The SMILES string of the molecule is C.C.C#Cc1cccc(C#C)c1.CC#Cc1cccc(C#CC2=C(c3ccccc3)S/C(=C3\SC(C)=C(c4ccccc4)S3)S2)c1.IC1=C(c2ccccc2)S/C(=C2\SC(I)=C(c3ccccc3)S2)S1. The van der Waals surface area contributed by atoms with Gasteiger partial charge in [-0.1, -0.05) is 272 Å². The Morgan fingerprint density at radius 1 is 0.371 bits per heavy atom. The van der Waals surface area contributed by atoms with Gasteiger partial charge in [-0.15, -0.1) is 18.8 Å². The second-order valence-electron chi connectivity index (χ2n) is 14.3. The van der Waals surface area contributed by atoms with Crippen LogP contribution in [0.25, 0.3) is 19.6 Å². The summed E-state index contributed by atoms with van der Waals surface area (Å²) in [5.74, 6) is 18.0. The number of terminal acetylenes is 2. The van der Waals surface area contributed by atoms with Crippen molar-refractivity contribution in [1.29, 1.82) is 0 Å². The first-order valence-electron chi connectivity index (χ1n) is 20.8. The first kappa shape index (κ1) is 55.6. The van der Waals surface area contributed by atoms with E-state index in [1.807, 2.05) is 126 Å². The van der Waals surface area contributed by atoms with Crippen LogP contribution in [-0.2, 0) is 0 Å². The zero-order valence-corrected chi connectivity index (χ0v) is 47.2. The molecule has 0 N–H and O–H groups in total. The number of hydrogen-bond acceptors (Lipinski definition) is 8. The minimum absolute atomic E-state index is 0. The topological polar surface area (TPSA) is 0 Å². The lowest BCUT2D eigenvalue weighted by molar-refractivity contribution is 1.59. The van der Waals surface area contributed by atoms with Gasteiger partial charge in [-0.2, -0.15) is 0 Å². The van der Waals surface area contributed by atoms with E-state index in [0.717, 1.165) is 27.2 Å². The Balaban J connectivity index is 0.000000194. The number of halogens is 2. The number of rotatable bonds is 4. The van der Waals surface area contributed by atoms with Crippen molar-refractivity contribution in [2.75, 3.05) is 0 Å². The van der Waals surface area contributed by atoms with Crippen LogP contribution in [-0.4, -0.2) is 0 Å². The molecule has 0 nitrogen and oxygen atoms in total. The van der Waals surface area contributed by atoms with Gasteiger partial charge < -0.3 is 0 Å². The molecule has 0 saturated carbocycles. The highest BCUT2D eigenvalue weighted by atomic mass is 127. The van der Waals surface area contributed by atoms with Gasteiger partial charge in [0.2, 0.25) is 0 Å². The van der Waals surface area contributed by atoms with Crippen molar-refractivity contribution in [3.05, 3.63) is 247 Å². The molecule has 0 radical (unpaired) electrons. The molecule has 0 bridgehead atoms. The number of benzene rings is 6. The molecule has 4 aliphatic rings. The summed E-state index contributed by atoms with van der Waals surface area (Å²) in [4.78, 5) is 7.81. The Hall–Kier alpha value is -3.74. The number of hydrogen-bond donors (Lipinski definition) is 0.